The van der Waals surface area contributed by atoms with Crippen LogP contribution in [-0.4, -0.2) is 45.4 Å². The van der Waals surface area contributed by atoms with Crippen LogP contribution in [0.15, 0.2) is 27.9 Å². The van der Waals surface area contributed by atoms with Crippen molar-refractivity contribution in [1.82, 2.24) is 0 Å². The molecule has 0 heterocycles. The molecule has 0 amide bonds. The molecule has 1 aromatic rings. The van der Waals surface area contributed by atoms with Crippen molar-refractivity contribution in [3.8, 4) is 11.5 Å². The molecule has 0 unspecified atom stereocenters. The van der Waals surface area contributed by atoms with Crippen molar-refractivity contribution in [3.63, 3.8) is 0 Å². The van der Waals surface area contributed by atoms with Crippen LogP contribution in [0.4, 0.5) is 13.2 Å². The topological polar surface area (TPSA) is 49.3 Å². The summed E-state index contributed by atoms with van der Waals surface area (Å²) in [5.41, 5.74) is 0. The van der Waals surface area contributed by atoms with E-state index in [-0.39, 0.29) is 17.7 Å². The highest BCUT2D eigenvalue weighted by atomic mass is 35.5. The van der Waals surface area contributed by atoms with Crippen molar-refractivity contribution in [1.29, 1.82) is 0 Å². The molecule has 0 spiro atoms. The van der Waals surface area contributed by atoms with Gasteiger partial charge >= 0.3 is 6.18 Å². The molecule has 0 aliphatic rings. The quantitative estimate of drug-likeness (QED) is 0.156. The van der Waals surface area contributed by atoms with E-state index in [4.69, 9.17) is 60.6 Å². The lowest BCUT2D eigenvalue weighted by Crippen LogP contribution is -2.15. The lowest BCUT2D eigenvalue weighted by Gasteiger charge is -2.12. The summed E-state index contributed by atoms with van der Waals surface area (Å²) in [5, 5.41) is 3.77. The van der Waals surface area contributed by atoms with E-state index in [1.807, 2.05) is 0 Å². The van der Waals surface area contributed by atoms with E-state index in [9.17, 15) is 13.2 Å². The van der Waals surface area contributed by atoms with E-state index in [1.54, 1.807) is 12.1 Å². The number of benzene rings is 1. The first-order chi connectivity index (χ1) is 14.2. The molecule has 0 bridgehead atoms. The Morgan fingerprint density at radius 3 is 2.27 bits per heavy atom. The fourth-order valence-corrected chi connectivity index (χ4v) is 2.65. The summed E-state index contributed by atoms with van der Waals surface area (Å²) in [6.45, 7) is -0.352. The number of ether oxygens (including phenoxy) is 3. The Labute approximate surface area is 192 Å². The average molecular weight is 513 g/mol. The molecule has 0 aromatic heterocycles. The zero-order valence-corrected chi connectivity index (χ0v) is 18.7. The van der Waals surface area contributed by atoms with E-state index in [2.05, 4.69) is 9.99 Å². The molecule has 30 heavy (non-hydrogen) atoms. The smallest absolute Gasteiger partial charge is 0.425 e. The second kappa shape index (κ2) is 14.9. The predicted molar refractivity (Wildman–Crippen MR) is 112 cm³/mol. The summed E-state index contributed by atoms with van der Waals surface area (Å²) in [7, 11) is 0. The lowest BCUT2D eigenvalue weighted by molar-refractivity contribution is -0.173. The van der Waals surface area contributed by atoms with E-state index in [1.165, 1.54) is 6.08 Å². The average Bonchev–Trinajstić information content (AvgIpc) is 2.63. The van der Waals surface area contributed by atoms with Crippen molar-refractivity contribution in [2.24, 2.45) is 5.16 Å². The molecule has 0 saturated heterocycles. The molecule has 0 N–H and O–H groups in total. The fourth-order valence-electron chi connectivity index (χ4n) is 1.95. The highest BCUT2D eigenvalue weighted by molar-refractivity contribution is 6.55. The molecule has 5 nitrogen and oxygen atoms in total. The zero-order chi connectivity index (χ0) is 22.4. The van der Waals surface area contributed by atoms with E-state index < -0.39 is 12.8 Å². The summed E-state index contributed by atoms with van der Waals surface area (Å²) < 4.78 is 51.7. The van der Waals surface area contributed by atoms with E-state index in [0.29, 0.717) is 34.8 Å². The Balaban J connectivity index is 2.16. The molecule has 0 fully saturated rings. The van der Waals surface area contributed by atoms with Gasteiger partial charge in [-0.2, -0.15) is 13.2 Å². The largest absolute Gasteiger partial charge is 0.490 e. The van der Waals surface area contributed by atoms with Gasteiger partial charge in [0.1, 0.15) is 16.8 Å². The van der Waals surface area contributed by atoms with Gasteiger partial charge in [-0.1, -0.05) is 51.6 Å². The van der Waals surface area contributed by atoms with Gasteiger partial charge in [-0.05, 0) is 25.3 Å². The Kier molecular flexibility index (Phi) is 13.4. The SMILES string of the molecule is FC(F)(F)CON=CCOCCCCCOc1c(Cl)cc(OCC=C(Cl)Cl)cc1Cl. The van der Waals surface area contributed by atoms with Gasteiger partial charge < -0.3 is 19.0 Å². The first kappa shape index (κ1) is 27.0. The molecule has 0 atom stereocenters. The highest BCUT2D eigenvalue weighted by Crippen LogP contribution is 2.37. The predicted octanol–water partition coefficient (Wildman–Crippen LogP) is 6.82. The van der Waals surface area contributed by atoms with Crippen LogP contribution in [0.2, 0.25) is 10.0 Å². The molecule has 1 rings (SSSR count). The molecule has 0 aliphatic carbocycles. The summed E-state index contributed by atoms with van der Waals surface area (Å²) in [4.78, 5) is 4.06. The summed E-state index contributed by atoms with van der Waals surface area (Å²) in [6, 6.07) is 3.15. The van der Waals surface area contributed by atoms with E-state index in [0.717, 1.165) is 25.5 Å². The zero-order valence-electron chi connectivity index (χ0n) is 15.7. The van der Waals surface area contributed by atoms with Gasteiger partial charge in [-0.25, -0.2) is 0 Å². The number of oxime groups is 1. The third-order valence-electron chi connectivity index (χ3n) is 3.21. The standard InChI is InChI=1S/C18H20Cl4F3NO4/c19-14-10-13(28-8-4-16(21)22)11-15(20)17(14)29-7-3-1-2-6-27-9-5-26-30-12-18(23,24)25/h4-5,10-11H,1-3,6-9,12H2. The first-order valence-corrected chi connectivity index (χ1v) is 10.2. The van der Waals surface area contributed by atoms with Crippen molar-refractivity contribution in [2.75, 3.05) is 33.0 Å². The molecular weight excluding hydrogens is 493 g/mol. The third-order valence-corrected chi connectivity index (χ3v) is 4.08. The number of nitrogens with zero attached hydrogens (tertiary/aromatic N) is 1. The van der Waals surface area contributed by atoms with Crippen LogP contribution in [-0.2, 0) is 9.57 Å². The van der Waals surface area contributed by atoms with Crippen LogP contribution >= 0.6 is 46.4 Å². The monoisotopic (exact) mass is 511 g/mol. The minimum absolute atomic E-state index is 0.0703. The van der Waals surface area contributed by atoms with Crippen molar-refractivity contribution < 1.29 is 32.2 Å². The summed E-state index contributed by atoms with van der Waals surface area (Å²) >= 11 is 23.4. The Hall–Kier alpha value is -1.06. The van der Waals surface area contributed by atoms with Gasteiger partial charge in [0.15, 0.2) is 5.75 Å². The van der Waals surface area contributed by atoms with E-state index >= 15 is 0 Å². The normalized spacial score (nSPS) is 11.6. The Morgan fingerprint density at radius 1 is 0.967 bits per heavy atom. The van der Waals surface area contributed by atoms with Crippen LogP contribution in [0.3, 0.4) is 0 Å². The van der Waals surface area contributed by atoms with Crippen LogP contribution in [0.5, 0.6) is 11.5 Å². The molecule has 0 radical (unpaired) electrons. The third kappa shape index (κ3) is 13.3. The van der Waals surface area contributed by atoms with Crippen LogP contribution in [0, 0.1) is 0 Å². The molecule has 1 aromatic carbocycles. The number of halogens is 7. The van der Waals surface area contributed by atoms with Gasteiger partial charge in [-0.15, -0.1) is 0 Å². The number of alkyl halides is 3. The van der Waals surface area contributed by atoms with Crippen molar-refractivity contribution >= 4 is 52.6 Å². The number of unbranched alkanes of at least 4 members (excludes halogenated alkanes) is 2. The molecule has 0 saturated carbocycles. The van der Waals surface area contributed by atoms with Crippen molar-refractivity contribution in [2.45, 2.75) is 25.4 Å². The van der Waals surface area contributed by atoms with Crippen LogP contribution in [0.1, 0.15) is 19.3 Å². The molecule has 0 aliphatic heterocycles. The second-order valence-electron chi connectivity index (χ2n) is 5.68. The van der Waals surface area contributed by atoms with Gasteiger partial charge in [0.25, 0.3) is 0 Å². The summed E-state index contributed by atoms with van der Waals surface area (Å²) in [6.07, 6.45) is 0.493. The minimum Gasteiger partial charge on any atom is -0.490 e. The number of hydrogen-bond donors (Lipinski definition) is 0. The first-order valence-electron chi connectivity index (χ1n) is 8.73. The molecular formula is C18H20Cl4F3NO4. The summed E-state index contributed by atoms with van der Waals surface area (Å²) in [5.74, 6) is 0.815. The van der Waals surface area contributed by atoms with Crippen molar-refractivity contribution in [3.05, 3.63) is 32.7 Å². The van der Waals surface area contributed by atoms with Crippen LogP contribution < -0.4 is 9.47 Å². The lowest BCUT2D eigenvalue weighted by atomic mass is 10.2. The Morgan fingerprint density at radius 2 is 1.63 bits per heavy atom. The fraction of sp³-hybridized carbons (Fsp3) is 0.500. The number of rotatable bonds is 14. The Bertz CT molecular complexity index is 675. The maximum atomic E-state index is 11.8. The molecule has 170 valence electrons. The minimum atomic E-state index is -4.40. The maximum absolute atomic E-state index is 11.8. The number of hydrogen-bond acceptors (Lipinski definition) is 5. The van der Waals surface area contributed by atoms with Gasteiger partial charge in [0.05, 0.1) is 29.5 Å². The van der Waals surface area contributed by atoms with Crippen LogP contribution in [0.25, 0.3) is 0 Å². The molecule has 12 heteroatoms. The van der Waals surface area contributed by atoms with Gasteiger partial charge in [0.2, 0.25) is 6.61 Å². The van der Waals surface area contributed by atoms with Gasteiger partial charge in [0, 0.05) is 18.7 Å². The maximum Gasteiger partial charge on any atom is 0.425 e. The second-order valence-corrected chi connectivity index (χ2v) is 7.50. The highest BCUT2D eigenvalue weighted by Gasteiger charge is 2.28. The van der Waals surface area contributed by atoms with Gasteiger partial charge in [-0.3, -0.25) is 0 Å².